The Hall–Kier alpha value is -0.580. The van der Waals surface area contributed by atoms with Crippen LogP contribution in [0.15, 0.2) is 0 Å². The highest BCUT2D eigenvalue weighted by Crippen LogP contribution is 2.43. The van der Waals surface area contributed by atoms with Crippen molar-refractivity contribution in [1.29, 1.82) is 0 Å². The van der Waals surface area contributed by atoms with Gasteiger partial charge in [0.15, 0.2) is 11.9 Å². The van der Waals surface area contributed by atoms with Crippen molar-refractivity contribution >= 4 is 27.7 Å². The lowest BCUT2D eigenvalue weighted by atomic mass is 9.83. The number of hydrogen-bond donors (Lipinski definition) is 4. The number of halogens is 1. The van der Waals surface area contributed by atoms with Crippen molar-refractivity contribution in [1.82, 2.24) is 0 Å². The lowest BCUT2D eigenvalue weighted by Crippen LogP contribution is -2.74. The topological polar surface area (TPSA) is 134 Å². The minimum Gasteiger partial charge on any atom is -0.479 e. The molecule has 0 aliphatic carbocycles. The van der Waals surface area contributed by atoms with Crippen LogP contribution in [-0.2, 0) is 19.1 Å². The SMILES string of the molecule is CO[C@@]1(Br)O[C@H](C(=O)O)[C@@H](O)[C@H](O)[C@]1(O)C(C)=O. The quantitative estimate of drug-likeness (QED) is 0.446. The van der Waals surface area contributed by atoms with Crippen LogP contribution in [0.1, 0.15) is 6.92 Å². The third-order valence-electron chi connectivity index (χ3n) is 2.84. The van der Waals surface area contributed by atoms with Gasteiger partial charge in [0, 0.05) is 7.11 Å². The summed E-state index contributed by atoms with van der Waals surface area (Å²) in [4.78, 5) is 22.3. The predicted octanol–water partition coefficient (Wildman–Crippen LogP) is -1.79. The highest BCUT2D eigenvalue weighted by Gasteiger charge is 2.67. The standard InChI is InChI=1S/C9H13BrO8/c1-3(11)8(16)6(13)4(12)5(7(14)15)18-9(8,10)17-2/h4-6,12-13,16H,1-2H3,(H,14,15)/t4-,5+,6+,8-,9-/m1/s1. The predicted molar refractivity (Wildman–Crippen MR) is 58.8 cm³/mol. The maximum atomic E-state index is 11.5. The monoisotopic (exact) mass is 328 g/mol. The number of Topliss-reactive ketones (excluding diaryl/α,β-unsaturated/α-hetero) is 1. The van der Waals surface area contributed by atoms with Crippen LogP contribution >= 0.6 is 15.9 Å². The molecule has 104 valence electrons. The third-order valence-corrected chi connectivity index (χ3v) is 3.95. The van der Waals surface area contributed by atoms with Crippen molar-refractivity contribution in [2.45, 2.75) is 35.5 Å². The lowest BCUT2D eigenvalue weighted by Gasteiger charge is -2.49. The van der Waals surface area contributed by atoms with E-state index in [2.05, 4.69) is 15.9 Å². The van der Waals surface area contributed by atoms with E-state index in [1.165, 1.54) is 0 Å². The van der Waals surface area contributed by atoms with Crippen molar-refractivity contribution in [3.05, 3.63) is 0 Å². The lowest BCUT2D eigenvalue weighted by molar-refractivity contribution is -0.330. The van der Waals surface area contributed by atoms with Gasteiger partial charge in [-0.2, -0.15) is 0 Å². The Bertz CT molecular complexity index is 374. The Balaban J connectivity index is 3.30. The van der Waals surface area contributed by atoms with Crippen LogP contribution in [0.5, 0.6) is 0 Å². The zero-order valence-electron chi connectivity index (χ0n) is 9.53. The molecule has 0 amide bonds. The molecule has 1 aliphatic heterocycles. The first-order valence-electron chi connectivity index (χ1n) is 4.86. The Morgan fingerprint density at radius 1 is 1.39 bits per heavy atom. The molecule has 9 heteroatoms. The molecule has 0 aromatic carbocycles. The number of aliphatic carboxylic acids is 1. The van der Waals surface area contributed by atoms with Gasteiger partial charge < -0.3 is 29.9 Å². The van der Waals surface area contributed by atoms with Gasteiger partial charge in [-0.1, -0.05) is 0 Å². The van der Waals surface area contributed by atoms with Crippen LogP contribution in [0.4, 0.5) is 0 Å². The number of carbonyl (C=O) groups excluding carboxylic acids is 1. The number of hydrogen-bond acceptors (Lipinski definition) is 7. The first kappa shape index (κ1) is 15.5. The first-order chi connectivity index (χ1) is 8.11. The molecule has 4 N–H and O–H groups in total. The number of ether oxygens (including phenoxy) is 2. The molecule has 0 saturated carbocycles. The molecule has 1 heterocycles. The third kappa shape index (κ3) is 1.96. The molecule has 0 spiro atoms. The number of rotatable bonds is 3. The average Bonchev–Trinajstić information content (AvgIpc) is 2.30. The van der Waals surface area contributed by atoms with Crippen molar-refractivity contribution < 1.29 is 39.5 Å². The fraction of sp³-hybridized carbons (Fsp3) is 0.778. The van der Waals surface area contributed by atoms with E-state index in [1.54, 1.807) is 0 Å². The number of carbonyl (C=O) groups is 2. The summed E-state index contributed by atoms with van der Waals surface area (Å²) in [7, 11) is 1.03. The molecule has 0 unspecified atom stereocenters. The van der Waals surface area contributed by atoms with Gasteiger partial charge >= 0.3 is 5.97 Å². The van der Waals surface area contributed by atoms with Gasteiger partial charge in [0.1, 0.15) is 12.2 Å². The number of carboxylic acids is 1. The number of methoxy groups -OCH3 is 1. The summed E-state index contributed by atoms with van der Waals surface area (Å²) in [6.45, 7) is 0.940. The second-order valence-electron chi connectivity index (χ2n) is 3.88. The van der Waals surface area contributed by atoms with Crippen LogP contribution < -0.4 is 0 Å². The molecular formula is C9H13BrO8. The minimum absolute atomic E-state index is 0.940. The Labute approximate surface area is 110 Å². The second-order valence-corrected chi connectivity index (χ2v) is 4.92. The van der Waals surface area contributed by atoms with Crippen LogP contribution in [0.3, 0.4) is 0 Å². The number of carboxylic acid groups (broad SMARTS) is 1. The normalized spacial score (nSPS) is 44.7. The smallest absolute Gasteiger partial charge is 0.335 e. The number of aliphatic hydroxyl groups excluding tert-OH is 2. The van der Waals surface area contributed by atoms with Crippen LogP contribution in [0, 0.1) is 0 Å². The Morgan fingerprint density at radius 2 is 1.89 bits per heavy atom. The number of aliphatic hydroxyl groups is 3. The van der Waals surface area contributed by atoms with E-state index < -0.39 is 40.4 Å². The summed E-state index contributed by atoms with van der Waals surface area (Å²) in [6, 6.07) is 0. The van der Waals surface area contributed by atoms with Crippen LogP contribution in [0.25, 0.3) is 0 Å². The summed E-state index contributed by atoms with van der Waals surface area (Å²) >= 11 is 2.74. The summed E-state index contributed by atoms with van der Waals surface area (Å²) in [5.74, 6) is -2.54. The zero-order chi connectivity index (χ0) is 14.3. The molecule has 0 radical (unpaired) electrons. The molecule has 1 saturated heterocycles. The molecule has 1 rings (SSSR count). The van der Waals surface area contributed by atoms with E-state index in [1.807, 2.05) is 0 Å². The van der Waals surface area contributed by atoms with Gasteiger partial charge in [0.2, 0.25) is 5.60 Å². The first-order valence-corrected chi connectivity index (χ1v) is 5.65. The largest absolute Gasteiger partial charge is 0.479 e. The number of ketones is 1. The molecule has 1 fully saturated rings. The summed E-state index contributed by atoms with van der Waals surface area (Å²) < 4.78 is 7.33. The van der Waals surface area contributed by atoms with Gasteiger partial charge in [-0.25, -0.2) is 4.79 Å². The molecule has 0 aromatic heterocycles. The Kier molecular flexibility index (Phi) is 4.16. The minimum atomic E-state index is -2.65. The molecular weight excluding hydrogens is 316 g/mol. The molecule has 18 heavy (non-hydrogen) atoms. The average molecular weight is 329 g/mol. The highest BCUT2D eigenvalue weighted by atomic mass is 79.9. The zero-order valence-corrected chi connectivity index (χ0v) is 11.1. The molecule has 8 nitrogen and oxygen atoms in total. The van der Waals surface area contributed by atoms with Gasteiger partial charge in [0.25, 0.3) is 4.70 Å². The van der Waals surface area contributed by atoms with Gasteiger partial charge in [0.05, 0.1) is 0 Å². The summed E-state index contributed by atoms with van der Waals surface area (Å²) in [6.07, 6.45) is -5.94. The summed E-state index contributed by atoms with van der Waals surface area (Å²) in [5, 5.41) is 38.3. The van der Waals surface area contributed by atoms with Gasteiger partial charge in [-0.15, -0.1) is 0 Å². The van der Waals surface area contributed by atoms with Crippen molar-refractivity contribution in [3.8, 4) is 0 Å². The maximum Gasteiger partial charge on any atom is 0.335 e. The van der Waals surface area contributed by atoms with Crippen molar-refractivity contribution in [2.75, 3.05) is 7.11 Å². The number of alkyl halides is 1. The van der Waals surface area contributed by atoms with E-state index in [0.717, 1.165) is 14.0 Å². The van der Waals surface area contributed by atoms with E-state index >= 15 is 0 Å². The van der Waals surface area contributed by atoms with Crippen molar-refractivity contribution in [2.24, 2.45) is 0 Å². The van der Waals surface area contributed by atoms with E-state index in [-0.39, 0.29) is 0 Å². The highest BCUT2D eigenvalue weighted by molar-refractivity contribution is 9.10. The van der Waals surface area contributed by atoms with Crippen molar-refractivity contribution in [3.63, 3.8) is 0 Å². The van der Waals surface area contributed by atoms with E-state index in [9.17, 15) is 24.9 Å². The van der Waals surface area contributed by atoms with Gasteiger partial charge in [-0.3, -0.25) is 4.79 Å². The van der Waals surface area contributed by atoms with Gasteiger partial charge in [-0.05, 0) is 22.9 Å². The maximum absolute atomic E-state index is 11.5. The van der Waals surface area contributed by atoms with Crippen LogP contribution in [-0.4, -0.2) is 67.9 Å². The summed E-state index contributed by atoms with van der Waals surface area (Å²) in [5.41, 5.74) is -2.65. The second kappa shape index (κ2) is 4.83. The Morgan fingerprint density at radius 3 is 2.22 bits per heavy atom. The molecule has 1 aliphatic rings. The van der Waals surface area contributed by atoms with Crippen LogP contribution in [0.2, 0.25) is 0 Å². The fourth-order valence-corrected chi connectivity index (χ4v) is 2.45. The molecule has 0 bridgehead atoms. The molecule has 5 atom stereocenters. The van der Waals surface area contributed by atoms with E-state index in [4.69, 9.17) is 14.6 Å². The van der Waals surface area contributed by atoms with E-state index in [0.29, 0.717) is 0 Å². The molecule has 0 aromatic rings. The fourth-order valence-electron chi connectivity index (χ4n) is 1.73.